The molecule has 0 N–H and O–H groups in total. The standard InChI is InChI=1S/C13H20N2/c1-5-14-10-15(13(2,3)4)12-9-7-6-8-11(12)14/h6-9H,5,10H2,1-4H3. The maximum absolute atomic E-state index is 2.46. The summed E-state index contributed by atoms with van der Waals surface area (Å²) in [5, 5.41) is 0. The van der Waals surface area contributed by atoms with Crippen molar-refractivity contribution in [2.75, 3.05) is 23.0 Å². The molecule has 1 aromatic rings. The van der Waals surface area contributed by atoms with Gasteiger partial charge in [-0.25, -0.2) is 0 Å². The van der Waals surface area contributed by atoms with Crippen molar-refractivity contribution in [3.8, 4) is 0 Å². The zero-order chi connectivity index (χ0) is 11.1. The van der Waals surface area contributed by atoms with Crippen molar-refractivity contribution in [3.63, 3.8) is 0 Å². The average Bonchev–Trinajstić information content (AvgIpc) is 2.55. The highest BCUT2D eigenvalue weighted by Crippen LogP contribution is 2.39. The summed E-state index contributed by atoms with van der Waals surface area (Å²) >= 11 is 0. The molecular weight excluding hydrogens is 184 g/mol. The fourth-order valence-corrected chi connectivity index (χ4v) is 2.13. The van der Waals surface area contributed by atoms with Crippen molar-refractivity contribution in [2.24, 2.45) is 0 Å². The summed E-state index contributed by atoms with van der Waals surface area (Å²) < 4.78 is 0. The molecule has 0 amide bonds. The number of benzene rings is 1. The molecule has 0 unspecified atom stereocenters. The van der Waals surface area contributed by atoms with E-state index in [0.717, 1.165) is 13.2 Å². The van der Waals surface area contributed by atoms with Gasteiger partial charge in [0.2, 0.25) is 0 Å². The van der Waals surface area contributed by atoms with E-state index in [1.165, 1.54) is 11.4 Å². The monoisotopic (exact) mass is 204 g/mol. The number of para-hydroxylation sites is 2. The van der Waals surface area contributed by atoms with Crippen molar-refractivity contribution in [2.45, 2.75) is 33.2 Å². The van der Waals surface area contributed by atoms with Gasteiger partial charge < -0.3 is 9.80 Å². The molecule has 0 saturated carbocycles. The highest BCUT2D eigenvalue weighted by molar-refractivity contribution is 5.76. The smallest absolute Gasteiger partial charge is 0.0909 e. The lowest BCUT2D eigenvalue weighted by Gasteiger charge is -2.34. The second kappa shape index (κ2) is 3.44. The van der Waals surface area contributed by atoms with Crippen molar-refractivity contribution in [3.05, 3.63) is 24.3 Å². The molecule has 1 aliphatic heterocycles. The van der Waals surface area contributed by atoms with Gasteiger partial charge in [-0.2, -0.15) is 0 Å². The van der Waals surface area contributed by atoms with Crippen LogP contribution in [0, 0.1) is 0 Å². The van der Waals surface area contributed by atoms with E-state index in [1.54, 1.807) is 0 Å². The zero-order valence-electron chi connectivity index (χ0n) is 10.1. The molecule has 0 atom stereocenters. The molecule has 0 spiro atoms. The molecule has 2 nitrogen and oxygen atoms in total. The lowest BCUT2D eigenvalue weighted by atomic mass is 10.1. The quantitative estimate of drug-likeness (QED) is 0.693. The summed E-state index contributed by atoms with van der Waals surface area (Å²) in [4.78, 5) is 4.88. The summed E-state index contributed by atoms with van der Waals surface area (Å²) in [7, 11) is 0. The Morgan fingerprint density at radius 3 is 2.27 bits per heavy atom. The van der Waals surface area contributed by atoms with E-state index in [1.807, 2.05) is 0 Å². The third-order valence-corrected chi connectivity index (χ3v) is 3.02. The van der Waals surface area contributed by atoms with E-state index in [2.05, 4.69) is 61.8 Å². The van der Waals surface area contributed by atoms with Gasteiger partial charge in [0, 0.05) is 12.1 Å². The average molecular weight is 204 g/mol. The number of fused-ring (bicyclic) bond motifs is 1. The number of hydrogen-bond donors (Lipinski definition) is 0. The molecule has 1 heterocycles. The van der Waals surface area contributed by atoms with Crippen LogP contribution in [0.1, 0.15) is 27.7 Å². The van der Waals surface area contributed by atoms with Gasteiger partial charge in [0.15, 0.2) is 0 Å². The Labute approximate surface area is 92.5 Å². The van der Waals surface area contributed by atoms with Crippen LogP contribution >= 0.6 is 0 Å². The Bertz CT molecular complexity index is 352. The summed E-state index contributed by atoms with van der Waals surface area (Å²) in [6.45, 7) is 11.1. The van der Waals surface area contributed by atoms with Gasteiger partial charge >= 0.3 is 0 Å². The molecule has 0 fully saturated rings. The maximum Gasteiger partial charge on any atom is 0.0909 e. The van der Waals surface area contributed by atoms with Crippen LogP contribution in [-0.2, 0) is 0 Å². The van der Waals surface area contributed by atoms with E-state index in [9.17, 15) is 0 Å². The lowest BCUT2D eigenvalue weighted by molar-refractivity contribution is 0.512. The van der Waals surface area contributed by atoms with Crippen LogP contribution in [0.2, 0.25) is 0 Å². The molecule has 0 aliphatic carbocycles. The SMILES string of the molecule is CCN1CN(C(C)(C)C)c2ccccc21. The molecule has 1 aromatic carbocycles. The van der Waals surface area contributed by atoms with E-state index in [4.69, 9.17) is 0 Å². The third-order valence-electron chi connectivity index (χ3n) is 3.02. The first-order valence-electron chi connectivity index (χ1n) is 5.65. The fourth-order valence-electron chi connectivity index (χ4n) is 2.13. The number of anilines is 2. The van der Waals surface area contributed by atoms with Crippen molar-refractivity contribution < 1.29 is 0 Å². The van der Waals surface area contributed by atoms with Crippen LogP contribution in [0.25, 0.3) is 0 Å². The summed E-state index contributed by atoms with van der Waals surface area (Å²) in [5.74, 6) is 0. The predicted molar refractivity (Wildman–Crippen MR) is 66.6 cm³/mol. The largest absolute Gasteiger partial charge is 0.352 e. The van der Waals surface area contributed by atoms with E-state index in [0.29, 0.717) is 0 Å². The lowest BCUT2D eigenvalue weighted by Crippen LogP contribution is -2.43. The van der Waals surface area contributed by atoms with Crippen molar-refractivity contribution in [1.82, 2.24) is 0 Å². The van der Waals surface area contributed by atoms with E-state index < -0.39 is 0 Å². The number of rotatable bonds is 1. The second-order valence-electron chi connectivity index (χ2n) is 5.09. The van der Waals surface area contributed by atoms with Gasteiger partial charge in [-0.1, -0.05) is 12.1 Å². The minimum atomic E-state index is 0.194. The molecule has 0 radical (unpaired) electrons. The highest BCUT2D eigenvalue weighted by Gasteiger charge is 2.31. The van der Waals surface area contributed by atoms with Gasteiger partial charge in [0.05, 0.1) is 18.0 Å². The number of nitrogens with zero attached hydrogens (tertiary/aromatic N) is 2. The van der Waals surface area contributed by atoms with Crippen LogP contribution in [0.15, 0.2) is 24.3 Å². The molecule has 1 aliphatic rings. The number of hydrogen-bond acceptors (Lipinski definition) is 2. The zero-order valence-corrected chi connectivity index (χ0v) is 10.1. The Balaban J connectivity index is 2.42. The fraction of sp³-hybridized carbons (Fsp3) is 0.538. The minimum Gasteiger partial charge on any atom is -0.352 e. The molecule has 15 heavy (non-hydrogen) atoms. The third kappa shape index (κ3) is 1.69. The summed E-state index contributed by atoms with van der Waals surface area (Å²) in [5.41, 5.74) is 2.93. The molecule has 82 valence electrons. The summed E-state index contributed by atoms with van der Waals surface area (Å²) in [6.07, 6.45) is 0. The van der Waals surface area contributed by atoms with E-state index in [-0.39, 0.29) is 5.54 Å². The molecule has 0 bridgehead atoms. The predicted octanol–water partition coefficient (Wildman–Crippen LogP) is 3.09. The van der Waals surface area contributed by atoms with E-state index >= 15 is 0 Å². The first-order chi connectivity index (χ1) is 7.04. The molecule has 2 rings (SSSR count). The van der Waals surface area contributed by atoms with Gasteiger partial charge in [0.1, 0.15) is 0 Å². The maximum atomic E-state index is 2.46. The van der Waals surface area contributed by atoms with Gasteiger partial charge in [0.25, 0.3) is 0 Å². The first kappa shape index (κ1) is 10.3. The molecule has 0 saturated heterocycles. The van der Waals surface area contributed by atoms with Gasteiger partial charge in [-0.05, 0) is 39.8 Å². The minimum absolute atomic E-state index is 0.194. The first-order valence-corrected chi connectivity index (χ1v) is 5.65. The van der Waals surface area contributed by atoms with Crippen molar-refractivity contribution >= 4 is 11.4 Å². The topological polar surface area (TPSA) is 6.48 Å². The Morgan fingerprint density at radius 2 is 1.73 bits per heavy atom. The Morgan fingerprint density at radius 1 is 1.13 bits per heavy atom. The van der Waals surface area contributed by atoms with Gasteiger partial charge in [-0.3, -0.25) is 0 Å². The van der Waals surface area contributed by atoms with Crippen LogP contribution in [-0.4, -0.2) is 18.8 Å². The Kier molecular flexibility index (Phi) is 2.37. The molecule has 2 heteroatoms. The normalized spacial score (nSPS) is 15.7. The Hall–Kier alpha value is -1.18. The van der Waals surface area contributed by atoms with Crippen molar-refractivity contribution in [1.29, 1.82) is 0 Å². The highest BCUT2D eigenvalue weighted by atomic mass is 15.4. The molecule has 0 aromatic heterocycles. The van der Waals surface area contributed by atoms with Crippen LogP contribution < -0.4 is 9.80 Å². The second-order valence-corrected chi connectivity index (χ2v) is 5.09. The van der Waals surface area contributed by atoms with Gasteiger partial charge in [-0.15, -0.1) is 0 Å². The van der Waals surface area contributed by atoms with Crippen LogP contribution in [0.5, 0.6) is 0 Å². The van der Waals surface area contributed by atoms with Crippen LogP contribution in [0.3, 0.4) is 0 Å². The molecular formula is C13H20N2. The van der Waals surface area contributed by atoms with Crippen LogP contribution in [0.4, 0.5) is 11.4 Å². The summed E-state index contributed by atoms with van der Waals surface area (Å²) in [6, 6.07) is 8.67.